The second-order valence-electron chi connectivity index (χ2n) is 1.91. The highest BCUT2D eigenvalue weighted by Crippen LogP contribution is 2.04. The smallest absolute Gasteiger partial charge is 0.0549 e. The van der Waals surface area contributed by atoms with E-state index in [0.29, 0.717) is 0 Å². The van der Waals surface area contributed by atoms with Crippen molar-refractivity contribution in [3.8, 4) is 0 Å². The topological polar surface area (TPSA) is 27.1 Å². The van der Waals surface area contributed by atoms with Gasteiger partial charge in [-0.25, -0.2) is 0 Å². The molecule has 0 aromatic carbocycles. The maximum absolute atomic E-state index is 6.71. The molecule has 0 aromatic heterocycles. The van der Waals surface area contributed by atoms with Gasteiger partial charge in [0.25, 0.3) is 0 Å². The van der Waals surface area contributed by atoms with Gasteiger partial charge in [-0.3, -0.25) is 0 Å². The van der Waals surface area contributed by atoms with Crippen molar-refractivity contribution in [2.45, 2.75) is 6.92 Å². The fraction of sp³-hybridized carbons (Fsp3) is 0.500. The lowest BCUT2D eigenvalue weighted by Gasteiger charge is -2.10. The van der Waals surface area contributed by atoms with Crippen LogP contribution in [0.15, 0.2) is 11.1 Å². The van der Waals surface area contributed by atoms with E-state index in [4.69, 9.17) is 5.41 Å². The van der Waals surface area contributed by atoms with E-state index in [1.807, 2.05) is 31.3 Å². The second kappa shape index (κ2) is 4.44. The standard InChI is InChI=1S/C6H12N2S/c1-6(8(2)3)4-9-5-7/h4-5,7H,1-3H3/b6-4-,7-5?. The fourth-order valence-corrected chi connectivity index (χ4v) is 0.714. The van der Waals surface area contributed by atoms with Gasteiger partial charge in [0, 0.05) is 19.8 Å². The minimum absolute atomic E-state index is 1.17. The van der Waals surface area contributed by atoms with E-state index in [-0.39, 0.29) is 0 Å². The molecular formula is C6H12N2S. The Labute approximate surface area is 60.4 Å². The molecule has 0 unspecified atom stereocenters. The molecule has 0 aliphatic heterocycles. The van der Waals surface area contributed by atoms with Crippen LogP contribution in [0.3, 0.4) is 0 Å². The van der Waals surface area contributed by atoms with Gasteiger partial charge in [0.2, 0.25) is 0 Å². The first kappa shape index (κ1) is 8.56. The number of allylic oxidation sites excluding steroid dienone is 1. The summed E-state index contributed by atoms with van der Waals surface area (Å²) in [5, 5.41) is 8.65. The third-order valence-corrected chi connectivity index (χ3v) is 1.63. The van der Waals surface area contributed by atoms with E-state index in [1.165, 1.54) is 23.0 Å². The first-order valence-corrected chi connectivity index (χ1v) is 3.61. The molecule has 0 fully saturated rings. The largest absolute Gasteiger partial charge is 0.381 e. The number of hydrogen-bond acceptors (Lipinski definition) is 3. The molecule has 0 radical (unpaired) electrons. The van der Waals surface area contributed by atoms with Crippen molar-refractivity contribution in [2.24, 2.45) is 0 Å². The number of nitrogens with one attached hydrogen (secondary N) is 1. The molecule has 0 spiro atoms. The van der Waals surface area contributed by atoms with E-state index in [9.17, 15) is 0 Å². The van der Waals surface area contributed by atoms with E-state index in [0.717, 1.165) is 0 Å². The molecule has 2 nitrogen and oxygen atoms in total. The molecule has 52 valence electrons. The Bertz CT molecular complexity index is 118. The Balaban J connectivity index is 3.68. The number of rotatable bonds is 3. The Morgan fingerprint density at radius 2 is 2.11 bits per heavy atom. The van der Waals surface area contributed by atoms with E-state index in [1.54, 1.807) is 0 Å². The van der Waals surface area contributed by atoms with Crippen LogP contribution in [0, 0.1) is 5.41 Å². The van der Waals surface area contributed by atoms with E-state index >= 15 is 0 Å². The molecule has 1 N–H and O–H groups in total. The van der Waals surface area contributed by atoms with Crippen molar-refractivity contribution in [2.75, 3.05) is 14.1 Å². The number of thioether (sulfide) groups is 1. The van der Waals surface area contributed by atoms with Crippen LogP contribution in [-0.4, -0.2) is 24.5 Å². The van der Waals surface area contributed by atoms with Crippen molar-refractivity contribution in [3.05, 3.63) is 11.1 Å². The number of hydrogen-bond donors (Lipinski definition) is 1. The Morgan fingerprint density at radius 1 is 1.56 bits per heavy atom. The van der Waals surface area contributed by atoms with Crippen molar-refractivity contribution in [3.63, 3.8) is 0 Å². The van der Waals surface area contributed by atoms with Gasteiger partial charge in [-0.2, -0.15) is 0 Å². The zero-order valence-corrected chi connectivity index (χ0v) is 6.83. The van der Waals surface area contributed by atoms with Crippen LogP contribution >= 0.6 is 11.8 Å². The summed E-state index contributed by atoms with van der Waals surface area (Å²) in [6.45, 7) is 2.01. The van der Waals surface area contributed by atoms with Crippen LogP contribution in [0.2, 0.25) is 0 Å². The summed E-state index contributed by atoms with van der Waals surface area (Å²) in [4.78, 5) is 2.01. The highest BCUT2D eigenvalue weighted by Gasteiger charge is 1.86. The first-order valence-electron chi connectivity index (χ1n) is 2.67. The van der Waals surface area contributed by atoms with Crippen LogP contribution in [0.25, 0.3) is 0 Å². The average Bonchev–Trinajstić information content (AvgIpc) is 1.82. The van der Waals surface area contributed by atoms with Crippen LogP contribution in [0.4, 0.5) is 0 Å². The van der Waals surface area contributed by atoms with Crippen LogP contribution in [0.1, 0.15) is 6.92 Å². The minimum atomic E-state index is 1.17. The van der Waals surface area contributed by atoms with Gasteiger partial charge in [0.15, 0.2) is 0 Å². The summed E-state index contributed by atoms with van der Waals surface area (Å²) in [5.74, 6) is 0. The van der Waals surface area contributed by atoms with Gasteiger partial charge in [-0.15, -0.1) is 0 Å². The molecule has 3 heteroatoms. The monoisotopic (exact) mass is 144 g/mol. The molecule has 0 saturated heterocycles. The predicted octanol–water partition coefficient (Wildman–Crippen LogP) is 1.75. The molecule has 0 aliphatic rings. The highest BCUT2D eigenvalue weighted by atomic mass is 32.2. The lowest BCUT2D eigenvalue weighted by atomic mass is 10.5. The van der Waals surface area contributed by atoms with Gasteiger partial charge < -0.3 is 10.3 Å². The Morgan fingerprint density at radius 3 is 2.44 bits per heavy atom. The lowest BCUT2D eigenvalue weighted by molar-refractivity contribution is 0.515. The highest BCUT2D eigenvalue weighted by molar-refractivity contribution is 8.14. The van der Waals surface area contributed by atoms with Crippen molar-refractivity contribution in [1.29, 1.82) is 5.41 Å². The zero-order chi connectivity index (χ0) is 7.28. The molecule has 0 rings (SSSR count). The Kier molecular flexibility index (Phi) is 4.22. The normalized spacial score (nSPS) is 11.2. The summed E-state index contributed by atoms with van der Waals surface area (Å²) in [6.07, 6.45) is 0. The first-order chi connectivity index (χ1) is 4.18. The van der Waals surface area contributed by atoms with Gasteiger partial charge in [0.05, 0.1) is 5.55 Å². The van der Waals surface area contributed by atoms with Crippen LogP contribution in [0.5, 0.6) is 0 Å². The van der Waals surface area contributed by atoms with Crippen LogP contribution in [-0.2, 0) is 0 Å². The van der Waals surface area contributed by atoms with E-state index in [2.05, 4.69) is 0 Å². The molecule has 0 aromatic rings. The van der Waals surface area contributed by atoms with Crippen molar-refractivity contribution in [1.82, 2.24) is 4.90 Å². The molecule has 0 amide bonds. The van der Waals surface area contributed by atoms with Crippen molar-refractivity contribution >= 4 is 17.3 Å². The third kappa shape index (κ3) is 4.09. The minimum Gasteiger partial charge on any atom is -0.381 e. The molecule has 0 atom stereocenters. The third-order valence-electron chi connectivity index (χ3n) is 1.01. The van der Waals surface area contributed by atoms with E-state index < -0.39 is 0 Å². The predicted molar refractivity (Wildman–Crippen MR) is 43.8 cm³/mol. The van der Waals surface area contributed by atoms with Gasteiger partial charge in [-0.05, 0) is 12.3 Å². The summed E-state index contributed by atoms with van der Waals surface area (Å²) in [6, 6.07) is 0. The summed E-state index contributed by atoms with van der Waals surface area (Å²) in [5.41, 5.74) is 2.48. The SMILES string of the molecule is C/C(=C/SC=N)N(C)C. The van der Waals surface area contributed by atoms with Crippen LogP contribution < -0.4 is 0 Å². The summed E-state index contributed by atoms with van der Waals surface area (Å²) < 4.78 is 0. The summed E-state index contributed by atoms with van der Waals surface area (Å²) >= 11 is 1.38. The molecule has 9 heavy (non-hydrogen) atoms. The van der Waals surface area contributed by atoms with Gasteiger partial charge >= 0.3 is 0 Å². The maximum atomic E-state index is 6.71. The molecule has 0 aliphatic carbocycles. The molecule has 0 heterocycles. The Hall–Kier alpha value is -0.440. The summed E-state index contributed by atoms with van der Waals surface area (Å²) in [7, 11) is 3.96. The maximum Gasteiger partial charge on any atom is 0.0549 e. The molecule has 0 saturated carbocycles. The fourth-order valence-electron chi connectivity index (χ4n) is 0.238. The van der Waals surface area contributed by atoms with Crippen molar-refractivity contribution < 1.29 is 0 Å². The molecule has 0 bridgehead atoms. The second-order valence-corrected chi connectivity index (χ2v) is 2.65. The number of nitrogens with zero attached hydrogens (tertiary/aromatic N) is 1. The quantitative estimate of drug-likeness (QED) is 0.482. The average molecular weight is 144 g/mol. The van der Waals surface area contributed by atoms with Gasteiger partial charge in [0.1, 0.15) is 0 Å². The zero-order valence-electron chi connectivity index (χ0n) is 6.01. The van der Waals surface area contributed by atoms with Gasteiger partial charge in [-0.1, -0.05) is 11.8 Å². The molecular weight excluding hydrogens is 132 g/mol. The lowest BCUT2D eigenvalue weighted by Crippen LogP contribution is -2.07.